The molecule has 2 fully saturated rings. The molecule has 0 aliphatic carbocycles. The zero-order valence-electron chi connectivity index (χ0n) is 27.4. The topological polar surface area (TPSA) is 90.4 Å². The second kappa shape index (κ2) is 14.0. The third kappa shape index (κ3) is 8.72. The molecule has 4 rings (SSSR count). The molecule has 3 aliphatic heterocycles. The van der Waals surface area contributed by atoms with Crippen LogP contribution >= 0.6 is 0 Å². The molecule has 0 saturated carbocycles. The van der Waals surface area contributed by atoms with Crippen LogP contribution in [0.5, 0.6) is 5.75 Å². The molecule has 43 heavy (non-hydrogen) atoms. The summed E-state index contributed by atoms with van der Waals surface area (Å²) in [7, 11) is 6.56. The molecule has 0 radical (unpaired) electrons. The Morgan fingerprint density at radius 2 is 1.88 bits per heavy atom. The molecule has 9 heteroatoms. The summed E-state index contributed by atoms with van der Waals surface area (Å²) in [5.74, 6) is -0.642. The van der Waals surface area contributed by atoms with Crippen LogP contribution in [-0.4, -0.2) is 122 Å². The maximum atomic E-state index is 13.9. The number of unbranched alkanes of at least 4 members (excludes halogenated alkanes) is 2. The highest BCUT2D eigenvalue weighted by Crippen LogP contribution is 2.41. The SMILES string of the molecule is CCCCN(CCCC[N+](C)(C)C)C(=O)CN1C[C@H](c2ccc3c(c2)CCO3)[C@@H](C(=O)O)[C@@H]1CCN1CC(C)(C)CC1=O. The van der Waals surface area contributed by atoms with E-state index >= 15 is 0 Å². The molecule has 0 unspecified atom stereocenters. The van der Waals surface area contributed by atoms with E-state index in [9.17, 15) is 19.5 Å². The van der Waals surface area contributed by atoms with E-state index in [0.29, 0.717) is 39.1 Å². The predicted octanol–water partition coefficient (Wildman–Crippen LogP) is 3.85. The lowest BCUT2D eigenvalue weighted by Crippen LogP contribution is -2.46. The molecule has 0 aromatic heterocycles. The van der Waals surface area contributed by atoms with Gasteiger partial charge in [0.2, 0.25) is 11.8 Å². The Morgan fingerprint density at radius 3 is 2.53 bits per heavy atom. The summed E-state index contributed by atoms with van der Waals surface area (Å²) in [5.41, 5.74) is 2.05. The van der Waals surface area contributed by atoms with Crippen molar-refractivity contribution < 1.29 is 28.7 Å². The maximum absolute atomic E-state index is 13.9. The quantitative estimate of drug-likeness (QED) is 0.243. The van der Waals surface area contributed by atoms with Gasteiger partial charge in [-0.2, -0.15) is 0 Å². The molecule has 0 spiro atoms. The Hall–Kier alpha value is -2.65. The molecule has 9 nitrogen and oxygen atoms in total. The van der Waals surface area contributed by atoms with E-state index in [0.717, 1.165) is 73.1 Å². The van der Waals surface area contributed by atoms with Crippen molar-refractivity contribution in [2.24, 2.45) is 11.3 Å². The van der Waals surface area contributed by atoms with E-state index in [4.69, 9.17) is 4.74 Å². The summed E-state index contributed by atoms with van der Waals surface area (Å²) in [6.45, 7) is 11.4. The highest BCUT2D eigenvalue weighted by molar-refractivity contribution is 5.80. The van der Waals surface area contributed by atoms with Gasteiger partial charge < -0.3 is 24.1 Å². The molecule has 3 heterocycles. The molecule has 3 aliphatic rings. The Kier molecular flexibility index (Phi) is 10.8. The predicted molar refractivity (Wildman–Crippen MR) is 168 cm³/mol. The van der Waals surface area contributed by atoms with Gasteiger partial charge in [-0.3, -0.25) is 19.3 Å². The van der Waals surface area contributed by atoms with E-state index in [2.05, 4.69) is 52.9 Å². The largest absolute Gasteiger partial charge is 0.493 e. The highest BCUT2D eigenvalue weighted by atomic mass is 16.5. The van der Waals surface area contributed by atoms with Crippen molar-refractivity contribution in [3.8, 4) is 5.75 Å². The Balaban J connectivity index is 1.54. The number of ether oxygens (including phenoxy) is 1. The number of amides is 2. The van der Waals surface area contributed by atoms with Crippen LogP contribution in [0.3, 0.4) is 0 Å². The summed E-state index contributed by atoms with van der Waals surface area (Å²) < 4.78 is 6.61. The fourth-order valence-electron chi connectivity index (χ4n) is 7.17. The summed E-state index contributed by atoms with van der Waals surface area (Å²) in [6, 6.07) is 5.74. The summed E-state index contributed by atoms with van der Waals surface area (Å²) in [4.78, 5) is 45.6. The normalized spacial score (nSPS) is 23.4. The molecular formula is C34H55N4O5+. The Labute approximate surface area is 258 Å². The molecule has 0 bridgehead atoms. The van der Waals surface area contributed by atoms with Crippen LogP contribution in [0.15, 0.2) is 18.2 Å². The number of aliphatic carboxylic acids is 1. The Bertz CT molecular complexity index is 1150. The van der Waals surface area contributed by atoms with Crippen LogP contribution in [-0.2, 0) is 20.8 Å². The number of fused-ring (bicyclic) bond motifs is 1. The van der Waals surface area contributed by atoms with Crippen molar-refractivity contribution in [3.63, 3.8) is 0 Å². The number of nitrogens with zero attached hydrogens (tertiary/aromatic N) is 4. The van der Waals surface area contributed by atoms with Gasteiger partial charge in [-0.25, -0.2) is 0 Å². The lowest BCUT2D eigenvalue weighted by molar-refractivity contribution is -0.870. The minimum atomic E-state index is -0.835. The summed E-state index contributed by atoms with van der Waals surface area (Å²) >= 11 is 0. The minimum absolute atomic E-state index is 0.0741. The van der Waals surface area contributed by atoms with Gasteiger partial charge in [0.15, 0.2) is 0 Å². The highest BCUT2D eigenvalue weighted by Gasteiger charge is 2.48. The van der Waals surface area contributed by atoms with Crippen LogP contribution in [0.2, 0.25) is 0 Å². The van der Waals surface area contributed by atoms with E-state index in [1.54, 1.807) is 0 Å². The van der Waals surface area contributed by atoms with Crippen molar-refractivity contribution in [1.29, 1.82) is 0 Å². The lowest BCUT2D eigenvalue weighted by Gasteiger charge is -2.31. The molecule has 1 aromatic carbocycles. The van der Waals surface area contributed by atoms with Gasteiger partial charge in [0.05, 0.1) is 46.8 Å². The first-order chi connectivity index (χ1) is 20.3. The molecule has 3 atom stereocenters. The van der Waals surface area contributed by atoms with Gasteiger partial charge in [0.25, 0.3) is 0 Å². The average Bonchev–Trinajstić information content (AvgIpc) is 3.60. The number of rotatable bonds is 15. The van der Waals surface area contributed by atoms with Gasteiger partial charge in [0.1, 0.15) is 5.75 Å². The third-order valence-electron chi connectivity index (χ3n) is 9.45. The molecule has 2 saturated heterocycles. The zero-order chi connectivity index (χ0) is 31.4. The summed E-state index contributed by atoms with van der Waals surface area (Å²) in [6.07, 6.45) is 5.86. The second-order valence-corrected chi connectivity index (χ2v) is 14.8. The number of benzene rings is 1. The molecule has 2 amide bonds. The maximum Gasteiger partial charge on any atom is 0.308 e. The number of hydrogen-bond acceptors (Lipinski definition) is 5. The van der Waals surface area contributed by atoms with Crippen LogP contribution < -0.4 is 4.74 Å². The fourth-order valence-corrected chi connectivity index (χ4v) is 7.17. The van der Waals surface area contributed by atoms with Gasteiger partial charge in [0, 0.05) is 57.5 Å². The van der Waals surface area contributed by atoms with Gasteiger partial charge in [-0.05, 0) is 48.3 Å². The summed E-state index contributed by atoms with van der Waals surface area (Å²) in [5, 5.41) is 10.6. The van der Waals surface area contributed by atoms with Crippen LogP contribution in [0.1, 0.15) is 76.3 Å². The average molecular weight is 600 g/mol. The van der Waals surface area contributed by atoms with E-state index in [1.165, 1.54) is 0 Å². The first-order valence-corrected chi connectivity index (χ1v) is 16.4. The van der Waals surface area contributed by atoms with E-state index in [1.807, 2.05) is 21.9 Å². The van der Waals surface area contributed by atoms with Crippen LogP contribution in [0, 0.1) is 11.3 Å². The molecule has 1 N–H and O–H groups in total. The first kappa shape index (κ1) is 33.2. The van der Waals surface area contributed by atoms with Crippen LogP contribution in [0.25, 0.3) is 0 Å². The second-order valence-electron chi connectivity index (χ2n) is 14.8. The zero-order valence-corrected chi connectivity index (χ0v) is 27.4. The number of carboxylic acid groups (broad SMARTS) is 1. The number of carboxylic acids is 1. The molecule has 1 aromatic rings. The van der Waals surface area contributed by atoms with Crippen molar-refractivity contribution in [2.45, 2.75) is 77.7 Å². The van der Waals surface area contributed by atoms with Gasteiger partial charge in [-0.15, -0.1) is 0 Å². The standard InChI is InChI=1S/C34H54N4O5/c1-7-8-15-35(16-9-10-18-38(4,5)6)31(40)23-37-22-27(25-11-12-29-26(20-25)14-19-43-29)32(33(41)42)28(37)13-17-36-24-34(2,3)21-30(36)39/h11-12,20,27-28,32H,7-10,13-19,21-24H2,1-6H3/p+1/t27-,28+,32-/m1/s1. The van der Waals surface area contributed by atoms with Crippen molar-refractivity contribution in [2.75, 3.05) is 73.6 Å². The van der Waals surface area contributed by atoms with Gasteiger partial charge in [-0.1, -0.05) is 39.3 Å². The Morgan fingerprint density at radius 1 is 1.14 bits per heavy atom. The fraction of sp³-hybridized carbons (Fsp3) is 0.735. The monoisotopic (exact) mass is 599 g/mol. The number of likely N-dealkylation sites (tertiary alicyclic amines) is 2. The number of quaternary nitrogens is 1. The van der Waals surface area contributed by atoms with E-state index < -0.39 is 11.9 Å². The molecule has 240 valence electrons. The van der Waals surface area contributed by atoms with Crippen molar-refractivity contribution in [3.05, 3.63) is 29.3 Å². The van der Waals surface area contributed by atoms with Gasteiger partial charge >= 0.3 is 5.97 Å². The number of carbonyl (C=O) groups is 3. The first-order valence-electron chi connectivity index (χ1n) is 16.4. The van der Waals surface area contributed by atoms with Crippen molar-refractivity contribution >= 4 is 17.8 Å². The molecular weight excluding hydrogens is 544 g/mol. The number of carbonyl (C=O) groups excluding carboxylic acids is 2. The smallest absolute Gasteiger partial charge is 0.308 e. The van der Waals surface area contributed by atoms with E-state index in [-0.39, 0.29) is 35.7 Å². The lowest BCUT2D eigenvalue weighted by atomic mass is 9.83. The number of hydrogen-bond donors (Lipinski definition) is 1. The van der Waals surface area contributed by atoms with Crippen LogP contribution in [0.4, 0.5) is 0 Å². The third-order valence-corrected chi connectivity index (χ3v) is 9.45. The minimum Gasteiger partial charge on any atom is -0.493 e. The van der Waals surface area contributed by atoms with Crippen molar-refractivity contribution in [1.82, 2.24) is 14.7 Å².